The highest BCUT2D eigenvalue weighted by Crippen LogP contribution is 2.55. The van der Waals surface area contributed by atoms with Crippen molar-refractivity contribution < 1.29 is 10.2 Å². The Bertz CT molecular complexity index is 496. The molecule has 5 atom stereocenters. The number of benzene rings is 1. The van der Waals surface area contributed by atoms with Crippen LogP contribution in [0.2, 0.25) is 0 Å². The largest absolute Gasteiger partial charge is 0.508 e. The molecule has 0 bridgehead atoms. The number of hydrogen-bond donors (Lipinski definition) is 2. The molecule has 0 saturated heterocycles. The van der Waals surface area contributed by atoms with Gasteiger partial charge in [0, 0.05) is 0 Å². The summed E-state index contributed by atoms with van der Waals surface area (Å²) in [7, 11) is 0. The highest BCUT2D eigenvalue weighted by atomic mass is 16.3. The fourth-order valence-corrected chi connectivity index (χ4v) is 5.19. The first kappa shape index (κ1) is 11.8. The molecule has 2 N–H and O–H groups in total. The van der Waals surface area contributed by atoms with Crippen molar-refractivity contribution in [3.05, 3.63) is 29.3 Å². The van der Waals surface area contributed by atoms with Gasteiger partial charge in [0.05, 0.1) is 6.10 Å². The van der Waals surface area contributed by atoms with Gasteiger partial charge >= 0.3 is 0 Å². The topological polar surface area (TPSA) is 40.5 Å². The molecular weight excluding hydrogens is 236 g/mol. The molecule has 3 aliphatic carbocycles. The lowest BCUT2D eigenvalue weighted by molar-refractivity contribution is 0.0566. The molecule has 4 rings (SSSR count). The van der Waals surface area contributed by atoms with E-state index in [1.165, 1.54) is 36.8 Å². The molecule has 0 spiro atoms. The summed E-state index contributed by atoms with van der Waals surface area (Å²) < 4.78 is 0. The molecule has 0 aliphatic heterocycles. The standard InChI is InChI=1S/C17H22O2/c18-11-2-4-12-10(9-11)1-3-14-13(12)5-6-16-15(14)7-8-17(16)19/h2,4,9,13-19H,1,3,5-8H2/t13?,14-,15?,16?,17+/m1/s1. The molecule has 0 heterocycles. The summed E-state index contributed by atoms with van der Waals surface area (Å²) in [5.41, 5.74) is 2.84. The van der Waals surface area contributed by atoms with Gasteiger partial charge in [0.15, 0.2) is 0 Å². The molecule has 2 fully saturated rings. The van der Waals surface area contributed by atoms with E-state index in [4.69, 9.17) is 0 Å². The number of fused-ring (bicyclic) bond motifs is 5. The van der Waals surface area contributed by atoms with Crippen LogP contribution in [-0.2, 0) is 6.42 Å². The van der Waals surface area contributed by atoms with Gasteiger partial charge < -0.3 is 10.2 Å². The van der Waals surface area contributed by atoms with E-state index in [1.54, 1.807) is 0 Å². The van der Waals surface area contributed by atoms with E-state index in [-0.39, 0.29) is 6.10 Å². The normalized spacial score (nSPS) is 40.4. The molecule has 102 valence electrons. The molecule has 0 radical (unpaired) electrons. The lowest BCUT2D eigenvalue weighted by Gasteiger charge is -2.44. The maximum atomic E-state index is 10.1. The first-order valence-electron chi connectivity index (χ1n) is 7.74. The summed E-state index contributed by atoms with van der Waals surface area (Å²) in [5, 5.41) is 19.7. The van der Waals surface area contributed by atoms with Gasteiger partial charge in [0.25, 0.3) is 0 Å². The third-order valence-electron chi connectivity index (χ3n) is 5.99. The van der Waals surface area contributed by atoms with Gasteiger partial charge in [-0.15, -0.1) is 0 Å². The number of aryl methyl sites for hydroxylation is 1. The SMILES string of the molecule is Oc1ccc2c(c1)CC[C@@H]1C2CCC2C1CC[C@@H]2O. The summed E-state index contributed by atoms with van der Waals surface area (Å²) >= 11 is 0. The van der Waals surface area contributed by atoms with Gasteiger partial charge in [-0.3, -0.25) is 0 Å². The van der Waals surface area contributed by atoms with Crippen molar-refractivity contribution in [2.24, 2.45) is 17.8 Å². The van der Waals surface area contributed by atoms with E-state index in [2.05, 4.69) is 6.07 Å². The second-order valence-corrected chi connectivity index (χ2v) is 6.74. The minimum atomic E-state index is -0.0350. The van der Waals surface area contributed by atoms with Gasteiger partial charge in [0.1, 0.15) is 5.75 Å². The minimum absolute atomic E-state index is 0.0350. The smallest absolute Gasteiger partial charge is 0.115 e. The Kier molecular flexibility index (Phi) is 2.63. The Hall–Kier alpha value is -1.02. The van der Waals surface area contributed by atoms with Gasteiger partial charge in [-0.1, -0.05) is 6.07 Å². The number of phenolic OH excluding ortho intramolecular Hbond substituents is 1. The zero-order valence-electron chi connectivity index (χ0n) is 11.3. The first-order chi connectivity index (χ1) is 9.24. The van der Waals surface area contributed by atoms with Gasteiger partial charge in [-0.05, 0) is 85.5 Å². The Labute approximate surface area is 114 Å². The number of phenols is 1. The predicted molar refractivity (Wildman–Crippen MR) is 74.1 cm³/mol. The summed E-state index contributed by atoms with van der Waals surface area (Å²) in [6.45, 7) is 0. The highest BCUT2D eigenvalue weighted by Gasteiger charge is 2.47. The van der Waals surface area contributed by atoms with Crippen LogP contribution in [0.25, 0.3) is 0 Å². The number of aromatic hydroxyl groups is 1. The molecule has 2 heteroatoms. The van der Waals surface area contributed by atoms with E-state index in [0.29, 0.717) is 17.6 Å². The van der Waals surface area contributed by atoms with Crippen LogP contribution in [0.5, 0.6) is 5.75 Å². The van der Waals surface area contributed by atoms with Crippen molar-refractivity contribution in [2.75, 3.05) is 0 Å². The Morgan fingerprint density at radius 1 is 0.895 bits per heavy atom. The number of hydrogen-bond acceptors (Lipinski definition) is 2. The van der Waals surface area contributed by atoms with Crippen LogP contribution < -0.4 is 0 Å². The Balaban J connectivity index is 1.68. The second-order valence-electron chi connectivity index (χ2n) is 6.74. The zero-order chi connectivity index (χ0) is 13.0. The minimum Gasteiger partial charge on any atom is -0.508 e. The van der Waals surface area contributed by atoms with Crippen molar-refractivity contribution in [3.63, 3.8) is 0 Å². The van der Waals surface area contributed by atoms with Crippen molar-refractivity contribution >= 4 is 0 Å². The summed E-state index contributed by atoms with van der Waals surface area (Å²) in [6.07, 6.45) is 6.96. The molecular formula is C17H22O2. The van der Waals surface area contributed by atoms with Crippen LogP contribution in [0.3, 0.4) is 0 Å². The van der Waals surface area contributed by atoms with Crippen LogP contribution in [0.4, 0.5) is 0 Å². The van der Waals surface area contributed by atoms with E-state index in [1.807, 2.05) is 12.1 Å². The Morgan fingerprint density at radius 2 is 1.74 bits per heavy atom. The fraction of sp³-hybridized carbons (Fsp3) is 0.647. The van der Waals surface area contributed by atoms with Crippen LogP contribution >= 0.6 is 0 Å². The third-order valence-corrected chi connectivity index (χ3v) is 5.99. The first-order valence-corrected chi connectivity index (χ1v) is 7.74. The van der Waals surface area contributed by atoms with E-state index in [9.17, 15) is 10.2 Å². The van der Waals surface area contributed by atoms with Crippen LogP contribution in [-0.4, -0.2) is 16.3 Å². The van der Waals surface area contributed by atoms with Gasteiger partial charge in [-0.25, -0.2) is 0 Å². The molecule has 3 aliphatic rings. The molecule has 19 heavy (non-hydrogen) atoms. The number of aliphatic hydroxyl groups excluding tert-OH is 1. The summed E-state index contributed by atoms with van der Waals surface area (Å²) in [6, 6.07) is 5.95. The summed E-state index contributed by atoms with van der Waals surface area (Å²) in [4.78, 5) is 0. The van der Waals surface area contributed by atoms with Crippen molar-refractivity contribution in [3.8, 4) is 5.75 Å². The van der Waals surface area contributed by atoms with Crippen LogP contribution in [0.1, 0.15) is 49.1 Å². The Morgan fingerprint density at radius 3 is 2.63 bits per heavy atom. The molecule has 0 amide bonds. The molecule has 2 saturated carbocycles. The van der Waals surface area contributed by atoms with Crippen molar-refractivity contribution in [1.82, 2.24) is 0 Å². The highest BCUT2D eigenvalue weighted by molar-refractivity contribution is 5.39. The molecule has 3 unspecified atom stereocenters. The van der Waals surface area contributed by atoms with Crippen LogP contribution in [0, 0.1) is 17.8 Å². The maximum absolute atomic E-state index is 10.1. The average molecular weight is 258 g/mol. The lowest BCUT2D eigenvalue weighted by Crippen LogP contribution is -2.36. The van der Waals surface area contributed by atoms with E-state index in [0.717, 1.165) is 24.7 Å². The number of aliphatic hydroxyl groups is 1. The third kappa shape index (κ3) is 1.73. The number of rotatable bonds is 0. The summed E-state index contributed by atoms with van der Waals surface area (Å²) in [5.74, 6) is 3.17. The fourth-order valence-electron chi connectivity index (χ4n) is 5.19. The monoisotopic (exact) mass is 258 g/mol. The average Bonchev–Trinajstić information content (AvgIpc) is 2.80. The zero-order valence-corrected chi connectivity index (χ0v) is 11.3. The van der Waals surface area contributed by atoms with Crippen molar-refractivity contribution in [2.45, 2.75) is 50.5 Å². The quantitative estimate of drug-likeness (QED) is 0.750. The van der Waals surface area contributed by atoms with Crippen LogP contribution in [0.15, 0.2) is 18.2 Å². The van der Waals surface area contributed by atoms with E-state index >= 15 is 0 Å². The molecule has 1 aromatic rings. The van der Waals surface area contributed by atoms with E-state index < -0.39 is 0 Å². The molecule has 0 aromatic heterocycles. The lowest BCUT2D eigenvalue weighted by atomic mass is 9.61. The predicted octanol–water partition coefficient (Wildman–Crippen LogP) is 3.22. The van der Waals surface area contributed by atoms with Gasteiger partial charge in [-0.2, -0.15) is 0 Å². The van der Waals surface area contributed by atoms with Gasteiger partial charge in [0.2, 0.25) is 0 Å². The molecule has 1 aromatic carbocycles. The maximum Gasteiger partial charge on any atom is 0.115 e. The molecule has 2 nitrogen and oxygen atoms in total. The second kappa shape index (κ2) is 4.24. The van der Waals surface area contributed by atoms with Crippen molar-refractivity contribution in [1.29, 1.82) is 0 Å².